The van der Waals surface area contributed by atoms with E-state index in [4.69, 9.17) is 5.73 Å². The second-order valence-electron chi connectivity index (χ2n) is 9.28. The molecule has 174 valence electrons. The zero-order valence-corrected chi connectivity index (χ0v) is 19.9. The fraction of sp³-hybridized carbons (Fsp3) is 0.625. The Kier molecular flexibility index (Phi) is 11.0. The number of hydrogen-bond donors (Lipinski definition) is 2. The van der Waals surface area contributed by atoms with Gasteiger partial charge in [0, 0.05) is 26.2 Å². The van der Waals surface area contributed by atoms with Crippen LogP contribution >= 0.6 is 0 Å². The Balaban J connectivity index is 2.53. The lowest BCUT2D eigenvalue weighted by Crippen LogP contribution is -2.57. The molecule has 3 N–H and O–H groups in total. The highest BCUT2D eigenvalue weighted by Gasteiger charge is 2.28. The maximum atomic E-state index is 12.7. The van der Waals surface area contributed by atoms with E-state index in [1.807, 2.05) is 24.8 Å². The summed E-state index contributed by atoms with van der Waals surface area (Å²) in [5.74, 6) is 0.133. The van der Waals surface area contributed by atoms with Gasteiger partial charge in [0.2, 0.25) is 5.91 Å². The smallest absolute Gasteiger partial charge is 0.238 e. The molecule has 1 amide bonds. The topological polar surface area (TPSA) is 91.0 Å². The van der Waals surface area contributed by atoms with Crippen molar-refractivity contribution in [3.8, 4) is 0 Å². The monoisotopic (exact) mass is 431 g/mol. The molecule has 0 aromatic rings. The molecule has 1 atom stereocenters. The Bertz CT molecular complexity index is 711. The predicted molar refractivity (Wildman–Crippen MR) is 130 cm³/mol. The molecule has 0 aromatic carbocycles. The number of carbonyl (C=O) groups excluding carboxylic acids is 1. The molecule has 1 heterocycles. The fourth-order valence-electron chi connectivity index (χ4n) is 3.86. The Morgan fingerprint density at radius 3 is 2.55 bits per heavy atom. The Labute approximate surface area is 188 Å². The molecule has 0 spiro atoms. The van der Waals surface area contributed by atoms with Crippen LogP contribution in [0.2, 0.25) is 0 Å². The van der Waals surface area contributed by atoms with Crippen molar-refractivity contribution >= 4 is 5.91 Å². The van der Waals surface area contributed by atoms with Crippen LogP contribution in [0.3, 0.4) is 0 Å². The summed E-state index contributed by atoms with van der Waals surface area (Å²) in [6.07, 6.45) is 3.78. The molecule has 1 fully saturated rings. The van der Waals surface area contributed by atoms with Crippen LogP contribution in [0, 0.1) is 10.3 Å². The number of nitrogens with one attached hydrogen (secondary N) is 1. The third-order valence-corrected chi connectivity index (χ3v) is 5.74. The molecule has 31 heavy (non-hydrogen) atoms. The van der Waals surface area contributed by atoms with Crippen LogP contribution in [0.25, 0.3) is 0 Å². The van der Waals surface area contributed by atoms with Crippen LogP contribution in [0.4, 0.5) is 0 Å². The van der Waals surface area contributed by atoms with Gasteiger partial charge in [0.15, 0.2) is 0 Å². The molecule has 0 aliphatic carbocycles. The molecule has 1 aliphatic heterocycles. The Morgan fingerprint density at radius 1 is 1.32 bits per heavy atom. The van der Waals surface area contributed by atoms with Gasteiger partial charge in [-0.15, -0.1) is 0 Å². The number of rotatable bonds is 14. The first-order valence-corrected chi connectivity index (χ1v) is 11.0. The van der Waals surface area contributed by atoms with Gasteiger partial charge in [0.1, 0.15) is 6.54 Å². The first-order chi connectivity index (χ1) is 14.5. The highest BCUT2D eigenvalue weighted by atomic mass is 16.3. The quantitative estimate of drug-likeness (QED) is 0.250. The molecule has 1 aliphatic rings. The van der Waals surface area contributed by atoms with Crippen molar-refractivity contribution in [3.63, 3.8) is 0 Å². The predicted octanol–water partition coefficient (Wildman–Crippen LogP) is 3.21. The number of piperazine rings is 1. The molecule has 1 rings (SSSR count). The van der Waals surface area contributed by atoms with E-state index in [0.29, 0.717) is 31.8 Å². The van der Waals surface area contributed by atoms with Crippen molar-refractivity contribution in [2.24, 2.45) is 16.3 Å². The first-order valence-electron chi connectivity index (χ1n) is 11.0. The second-order valence-corrected chi connectivity index (χ2v) is 9.28. The summed E-state index contributed by atoms with van der Waals surface area (Å²) >= 11 is 0. The van der Waals surface area contributed by atoms with E-state index in [2.05, 4.69) is 49.0 Å². The number of allylic oxidation sites excluding steroid dienone is 1. The largest absolute Gasteiger partial charge is 0.327 e. The highest BCUT2D eigenvalue weighted by Crippen LogP contribution is 2.28. The van der Waals surface area contributed by atoms with Crippen molar-refractivity contribution in [2.75, 3.05) is 45.8 Å². The van der Waals surface area contributed by atoms with Crippen molar-refractivity contribution in [3.05, 3.63) is 53.0 Å². The maximum Gasteiger partial charge on any atom is 0.238 e. The number of nitroso groups, excluding NO2 is 1. The third kappa shape index (κ3) is 9.29. The molecule has 7 nitrogen and oxygen atoms in total. The van der Waals surface area contributed by atoms with Gasteiger partial charge >= 0.3 is 0 Å². The molecule has 0 radical (unpaired) electrons. The van der Waals surface area contributed by atoms with Crippen LogP contribution < -0.4 is 11.1 Å². The normalized spacial score (nSPS) is 16.9. The summed E-state index contributed by atoms with van der Waals surface area (Å²) in [5, 5.41) is 6.26. The van der Waals surface area contributed by atoms with Gasteiger partial charge in [-0.1, -0.05) is 56.0 Å². The number of amides is 1. The molecule has 1 saturated heterocycles. The van der Waals surface area contributed by atoms with Crippen LogP contribution in [-0.2, 0) is 4.79 Å². The SMILES string of the molecule is C=C(CN)CC(C)(C)CCN1CCN([C@@H](C)NC/C=C(/C(=C)C)C(=C)CN=O)C(=O)C1. The van der Waals surface area contributed by atoms with E-state index in [9.17, 15) is 9.70 Å². The highest BCUT2D eigenvalue weighted by molar-refractivity contribution is 5.79. The maximum absolute atomic E-state index is 12.7. The number of nitrogens with two attached hydrogens (primary N) is 1. The van der Waals surface area contributed by atoms with Crippen LogP contribution in [0.1, 0.15) is 40.5 Å². The third-order valence-electron chi connectivity index (χ3n) is 5.74. The zero-order valence-electron chi connectivity index (χ0n) is 19.9. The van der Waals surface area contributed by atoms with Gasteiger partial charge < -0.3 is 10.6 Å². The zero-order chi connectivity index (χ0) is 23.6. The van der Waals surface area contributed by atoms with Crippen molar-refractivity contribution in [2.45, 2.75) is 46.7 Å². The molecular formula is C24H41N5O2. The van der Waals surface area contributed by atoms with Gasteiger partial charge in [-0.05, 0) is 49.8 Å². The van der Waals surface area contributed by atoms with Crippen LogP contribution in [-0.4, -0.2) is 67.7 Å². The number of hydrogen-bond acceptors (Lipinski definition) is 6. The fourth-order valence-corrected chi connectivity index (χ4v) is 3.86. The van der Waals surface area contributed by atoms with Crippen LogP contribution in [0.5, 0.6) is 0 Å². The van der Waals surface area contributed by atoms with Crippen molar-refractivity contribution in [1.82, 2.24) is 15.1 Å². The average molecular weight is 432 g/mol. The molecular weight excluding hydrogens is 390 g/mol. The molecule has 0 saturated carbocycles. The van der Waals surface area contributed by atoms with E-state index in [1.165, 1.54) is 0 Å². The summed E-state index contributed by atoms with van der Waals surface area (Å²) in [4.78, 5) is 27.3. The van der Waals surface area contributed by atoms with Gasteiger partial charge in [-0.3, -0.25) is 15.0 Å². The van der Waals surface area contributed by atoms with Crippen molar-refractivity contribution in [1.29, 1.82) is 0 Å². The summed E-state index contributed by atoms with van der Waals surface area (Å²) < 4.78 is 0. The lowest BCUT2D eigenvalue weighted by molar-refractivity contribution is -0.139. The average Bonchev–Trinajstić information content (AvgIpc) is 2.69. The number of carbonyl (C=O) groups is 1. The Morgan fingerprint density at radius 2 is 2.00 bits per heavy atom. The summed E-state index contributed by atoms with van der Waals surface area (Å²) in [7, 11) is 0. The lowest BCUT2D eigenvalue weighted by atomic mass is 9.82. The van der Waals surface area contributed by atoms with E-state index in [1.54, 1.807) is 0 Å². The molecule has 0 unspecified atom stereocenters. The minimum Gasteiger partial charge on any atom is -0.327 e. The van der Waals surface area contributed by atoms with Gasteiger partial charge in [-0.25, -0.2) is 0 Å². The summed E-state index contributed by atoms with van der Waals surface area (Å²) in [5.41, 5.74) is 9.21. The first kappa shape index (κ1) is 26.9. The van der Waals surface area contributed by atoms with Crippen molar-refractivity contribution < 1.29 is 4.79 Å². The Hall–Kier alpha value is -2.09. The molecule has 0 bridgehead atoms. The van der Waals surface area contributed by atoms with Gasteiger partial charge in [-0.2, -0.15) is 4.91 Å². The minimum absolute atomic E-state index is 0.0475. The van der Waals surface area contributed by atoms with E-state index < -0.39 is 0 Å². The van der Waals surface area contributed by atoms with E-state index >= 15 is 0 Å². The minimum atomic E-state index is -0.0842. The standard InChI is InChI=1S/C24H41N5O2/c1-18(2)22(20(4)16-27-31)8-10-26-21(5)29-13-12-28(17-23(29)30)11-9-24(6,7)14-19(3)15-25/h8,21,26H,1,3-4,9-17,25H2,2,5-7H3/b22-8-/t21-/m0/s1. The summed E-state index contributed by atoms with van der Waals surface area (Å²) in [6, 6.07) is 0. The van der Waals surface area contributed by atoms with E-state index in [-0.39, 0.29) is 24.0 Å². The lowest BCUT2D eigenvalue weighted by Gasteiger charge is -2.39. The van der Waals surface area contributed by atoms with E-state index in [0.717, 1.165) is 42.7 Å². The van der Waals surface area contributed by atoms with Crippen LogP contribution in [0.15, 0.2) is 53.3 Å². The molecule has 0 aromatic heterocycles. The van der Waals surface area contributed by atoms with Gasteiger partial charge in [0.25, 0.3) is 0 Å². The summed E-state index contributed by atoms with van der Waals surface area (Å²) in [6.45, 7) is 24.2. The van der Waals surface area contributed by atoms with Gasteiger partial charge in [0.05, 0.1) is 12.7 Å². The molecule has 7 heteroatoms. The number of nitrogens with zero attached hydrogens (tertiary/aromatic N) is 3. The second kappa shape index (κ2) is 12.7.